The van der Waals surface area contributed by atoms with E-state index in [0.29, 0.717) is 17.9 Å². The number of urea groups is 1. The molecule has 0 saturated carbocycles. The Hall–Kier alpha value is -3.34. The number of rotatable bonds is 9. The van der Waals surface area contributed by atoms with Crippen LogP contribution in [0.4, 0.5) is 10.5 Å². The number of amides is 2. The molecule has 0 spiro atoms. The van der Waals surface area contributed by atoms with E-state index in [1.54, 1.807) is 12.1 Å². The molecule has 1 unspecified atom stereocenters. The maximum atomic E-state index is 13.2. The lowest BCUT2D eigenvalue weighted by Gasteiger charge is -2.21. The van der Waals surface area contributed by atoms with E-state index in [0.717, 1.165) is 68.3 Å². The van der Waals surface area contributed by atoms with Crippen molar-refractivity contribution in [2.24, 2.45) is 9.50 Å². The number of benzene rings is 2. The zero-order valence-electron chi connectivity index (χ0n) is 21.6. The highest BCUT2D eigenvalue weighted by molar-refractivity contribution is 7.91. The quantitative estimate of drug-likeness (QED) is 0.321. The van der Waals surface area contributed by atoms with Crippen molar-refractivity contribution in [1.82, 2.24) is 4.90 Å². The molecule has 1 atom stereocenters. The van der Waals surface area contributed by atoms with Crippen LogP contribution in [0.5, 0.6) is 0 Å². The number of terminal acetylenes is 1. The number of nitrogens with one attached hydrogen (secondary N) is 1. The van der Waals surface area contributed by atoms with Gasteiger partial charge in [-0.1, -0.05) is 36.9 Å². The summed E-state index contributed by atoms with van der Waals surface area (Å²) >= 11 is 0. The first-order valence-corrected chi connectivity index (χ1v) is 14.4. The smallest absolute Gasteiger partial charge is 0.354 e. The van der Waals surface area contributed by atoms with Crippen LogP contribution in [0, 0.1) is 12.3 Å². The largest absolute Gasteiger partial charge is 0.374 e. The van der Waals surface area contributed by atoms with Gasteiger partial charge in [0, 0.05) is 31.4 Å². The van der Waals surface area contributed by atoms with Crippen molar-refractivity contribution in [2.45, 2.75) is 69.2 Å². The minimum absolute atomic E-state index is 0.329. The summed E-state index contributed by atoms with van der Waals surface area (Å²) in [6, 6.07) is 8.75. The first kappa shape index (κ1) is 26.7. The summed E-state index contributed by atoms with van der Waals surface area (Å²) in [6.45, 7) is 4.82. The van der Waals surface area contributed by atoms with E-state index in [1.165, 1.54) is 22.3 Å². The number of hydrogen-bond acceptors (Lipinski definition) is 3. The molecule has 0 aromatic heterocycles. The number of aryl methyl sites for hydroxylation is 2. The molecule has 0 radical (unpaired) electrons. The number of fused-ring (bicyclic) bond motifs is 2. The van der Waals surface area contributed by atoms with E-state index < -0.39 is 15.9 Å². The van der Waals surface area contributed by atoms with Crippen LogP contribution in [0.15, 0.2) is 64.0 Å². The standard InChI is InChI=1S/C30H36N4O2S/c1-4-5-6-7-8-11-22(2)34(3)21-23-16-18-26(19-17-23)37(31,36)33-30(35)32-29-27-14-9-12-24(27)20-25-13-10-15-28(25)29/h1,6-7,16-20H,2,5,8-15,21H2,3H3,(H3,31,32,33,35,36)/b7-6+. The van der Waals surface area contributed by atoms with Gasteiger partial charge in [-0.25, -0.2) is 14.1 Å². The van der Waals surface area contributed by atoms with Gasteiger partial charge < -0.3 is 10.2 Å². The minimum atomic E-state index is -3.38. The van der Waals surface area contributed by atoms with Crippen LogP contribution in [-0.4, -0.2) is 22.2 Å². The molecule has 0 aliphatic heterocycles. The van der Waals surface area contributed by atoms with Crippen LogP contribution in [-0.2, 0) is 42.1 Å². The van der Waals surface area contributed by atoms with E-state index in [1.807, 2.05) is 25.3 Å². The van der Waals surface area contributed by atoms with Crippen molar-refractivity contribution < 1.29 is 9.00 Å². The highest BCUT2D eigenvalue weighted by Crippen LogP contribution is 2.38. The normalized spacial score (nSPS) is 15.5. The van der Waals surface area contributed by atoms with Gasteiger partial charge in [0.2, 0.25) is 0 Å². The van der Waals surface area contributed by atoms with Crippen LogP contribution >= 0.6 is 0 Å². The highest BCUT2D eigenvalue weighted by Gasteiger charge is 2.25. The lowest BCUT2D eigenvalue weighted by atomic mass is 9.99. The third-order valence-corrected chi connectivity index (χ3v) is 8.53. The Morgan fingerprint density at radius 3 is 2.43 bits per heavy atom. The molecule has 4 rings (SSSR count). The minimum Gasteiger partial charge on any atom is -0.374 e. The summed E-state index contributed by atoms with van der Waals surface area (Å²) < 4.78 is 17.1. The molecule has 2 aromatic carbocycles. The monoisotopic (exact) mass is 516 g/mol. The molecule has 37 heavy (non-hydrogen) atoms. The molecule has 7 heteroatoms. The first-order valence-electron chi connectivity index (χ1n) is 12.9. The summed E-state index contributed by atoms with van der Waals surface area (Å²) in [7, 11) is -1.39. The Balaban J connectivity index is 1.41. The summed E-state index contributed by atoms with van der Waals surface area (Å²) in [4.78, 5) is 15.3. The first-order chi connectivity index (χ1) is 17.8. The second-order valence-corrected chi connectivity index (χ2v) is 11.6. The molecule has 0 bridgehead atoms. The van der Waals surface area contributed by atoms with Gasteiger partial charge in [-0.05, 0) is 91.3 Å². The molecular formula is C30H36N4O2S. The Labute approximate surface area is 221 Å². The second-order valence-electron chi connectivity index (χ2n) is 9.81. The second kappa shape index (κ2) is 11.8. The van der Waals surface area contributed by atoms with Gasteiger partial charge >= 0.3 is 6.03 Å². The zero-order chi connectivity index (χ0) is 26.4. The predicted octanol–water partition coefficient (Wildman–Crippen LogP) is 5.90. The fraction of sp³-hybridized carbons (Fsp3) is 0.367. The molecule has 0 heterocycles. The van der Waals surface area contributed by atoms with Crippen molar-refractivity contribution in [1.29, 1.82) is 0 Å². The van der Waals surface area contributed by atoms with Crippen molar-refractivity contribution in [2.75, 3.05) is 12.4 Å². The molecule has 2 aliphatic carbocycles. The fourth-order valence-electron chi connectivity index (χ4n) is 5.16. The van der Waals surface area contributed by atoms with E-state index >= 15 is 0 Å². The van der Waals surface area contributed by atoms with Crippen molar-refractivity contribution in [3.63, 3.8) is 0 Å². The number of carbonyl (C=O) groups excluding carboxylic acids is 1. The lowest BCUT2D eigenvalue weighted by molar-refractivity contribution is 0.260. The Morgan fingerprint density at radius 2 is 1.81 bits per heavy atom. The molecular weight excluding hydrogens is 480 g/mol. The number of nitrogens with zero attached hydrogens (tertiary/aromatic N) is 2. The molecule has 194 valence electrons. The molecule has 0 saturated heterocycles. The maximum Gasteiger partial charge on any atom is 0.354 e. The Bertz CT molecular complexity index is 1340. The van der Waals surface area contributed by atoms with E-state index in [9.17, 15) is 9.00 Å². The average Bonchev–Trinajstić information content (AvgIpc) is 3.53. The van der Waals surface area contributed by atoms with Gasteiger partial charge in [-0.15, -0.1) is 16.7 Å². The van der Waals surface area contributed by atoms with E-state index in [-0.39, 0.29) is 0 Å². The number of allylic oxidation sites excluding steroid dienone is 3. The summed E-state index contributed by atoms with van der Waals surface area (Å²) in [5, 5.41) is 9.02. The molecule has 2 aromatic rings. The van der Waals surface area contributed by atoms with Crippen molar-refractivity contribution in [3.05, 3.63) is 82.6 Å². The molecule has 2 amide bonds. The molecule has 0 fully saturated rings. The van der Waals surface area contributed by atoms with Gasteiger partial charge in [0.15, 0.2) is 0 Å². The van der Waals surface area contributed by atoms with Crippen LogP contribution in [0.1, 0.15) is 59.9 Å². The number of nitrogens with two attached hydrogens (primary N) is 1. The summed E-state index contributed by atoms with van der Waals surface area (Å²) in [5.74, 6) is 2.59. The third-order valence-electron chi connectivity index (χ3n) is 7.15. The molecule has 2 aliphatic rings. The van der Waals surface area contributed by atoms with E-state index in [2.05, 4.69) is 39.2 Å². The van der Waals surface area contributed by atoms with Crippen LogP contribution in [0.25, 0.3) is 0 Å². The number of carbonyl (C=O) groups is 1. The number of anilines is 1. The van der Waals surface area contributed by atoms with Crippen LogP contribution in [0.2, 0.25) is 0 Å². The predicted molar refractivity (Wildman–Crippen MR) is 151 cm³/mol. The maximum absolute atomic E-state index is 13.2. The summed E-state index contributed by atoms with van der Waals surface area (Å²) in [6.07, 6.45) is 17.8. The van der Waals surface area contributed by atoms with Gasteiger partial charge in [-0.2, -0.15) is 0 Å². The average molecular weight is 517 g/mol. The fourth-order valence-corrected chi connectivity index (χ4v) is 6.08. The van der Waals surface area contributed by atoms with E-state index in [4.69, 9.17) is 11.6 Å². The lowest BCUT2D eigenvalue weighted by Crippen LogP contribution is -2.19. The van der Waals surface area contributed by atoms with Crippen molar-refractivity contribution >= 4 is 21.6 Å². The summed E-state index contributed by atoms with van der Waals surface area (Å²) in [5.41, 5.74) is 7.93. The Morgan fingerprint density at radius 1 is 1.16 bits per heavy atom. The van der Waals surface area contributed by atoms with Crippen LogP contribution < -0.4 is 10.5 Å². The zero-order valence-corrected chi connectivity index (χ0v) is 22.4. The van der Waals surface area contributed by atoms with Crippen LogP contribution in [0.3, 0.4) is 0 Å². The Kier molecular flexibility index (Phi) is 8.52. The third kappa shape index (κ3) is 6.51. The highest BCUT2D eigenvalue weighted by atomic mass is 32.2. The van der Waals surface area contributed by atoms with Crippen molar-refractivity contribution in [3.8, 4) is 12.3 Å². The molecule has 6 nitrogen and oxygen atoms in total. The van der Waals surface area contributed by atoms with Gasteiger partial charge in [0.25, 0.3) is 0 Å². The molecule has 3 N–H and O–H groups in total. The number of hydrogen-bond donors (Lipinski definition) is 2. The van der Waals surface area contributed by atoms with Gasteiger partial charge in [0.1, 0.15) is 9.92 Å². The SMILES string of the molecule is C#CC/C=C/CCC(=C)N(C)Cc1ccc(S(N)(=O)=NC(=O)Nc2c3c(cc4c2CCC4)CCC3)cc1. The van der Waals surface area contributed by atoms with Gasteiger partial charge in [0.05, 0.1) is 4.90 Å². The van der Waals surface area contributed by atoms with Gasteiger partial charge in [-0.3, -0.25) is 0 Å². The topological polar surface area (TPSA) is 87.8 Å².